The summed E-state index contributed by atoms with van der Waals surface area (Å²) in [7, 11) is 0. The van der Waals surface area contributed by atoms with E-state index in [1.165, 1.54) is 0 Å². The summed E-state index contributed by atoms with van der Waals surface area (Å²) < 4.78 is 0. The lowest BCUT2D eigenvalue weighted by Crippen LogP contribution is -2.57. The number of carbonyl (C=O) groups excluding carboxylic acids is 1. The lowest BCUT2D eigenvalue weighted by molar-refractivity contribution is -0.125. The van der Waals surface area contributed by atoms with Gasteiger partial charge in [-0.3, -0.25) is 4.79 Å². The van der Waals surface area contributed by atoms with Crippen LogP contribution in [-0.2, 0) is 4.79 Å². The molecule has 1 amide bonds. The summed E-state index contributed by atoms with van der Waals surface area (Å²) in [6, 6.07) is 0. The van der Waals surface area contributed by atoms with Gasteiger partial charge in [0.1, 0.15) is 11.4 Å². The highest BCUT2D eigenvalue weighted by atomic mass is 16.1. The molecule has 0 aliphatic heterocycles. The molecule has 0 radical (unpaired) electrons. The predicted octanol–water partition coefficient (Wildman–Crippen LogP) is 0.625. The maximum absolute atomic E-state index is 11.6. The third-order valence-corrected chi connectivity index (χ3v) is 3.53. The van der Waals surface area contributed by atoms with Crippen LogP contribution in [0.15, 0.2) is 12.4 Å². The second-order valence-corrected chi connectivity index (χ2v) is 4.82. The molecule has 4 N–H and O–H groups in total. The van der Waals surface area contributed by atoms with Gasteiger partial charge in [0.05, 0.1) is 0 Å². The molecule has 92 valence electrons. The number of amides is 1. The van der Waals surface area contributed by atoms with Gasteiger partial charge in [-0.05, 0) is 25.3 Å². The van der Waals surface area contributed by atoms with E-state index in [0.29, 0.717) is 12.2 Å². The summed E-state index contributed by atoms with van der Waals surface area (Å²) in [5, 5.41) is 0. The van der Waals surface area contributed by atoms with Gasteiger partial charge in [0.15, 0.2) is 0 Å². The summed E-state index contributed by atoms with van der Waals surface area (Å²) in [6.45, 7) is 1.93. The molecule has 5 heteroatoms. The maximum Gasteiger partial charge on any atom is 0.238 e. The van der Waals surface area contributed by atoms with Gasteiger partial charge < -0.3 is 11.5 Å². The normalized spacial score (nSPS) is 28.9. The number of primary amides is 1. The molecule has 1 fully saturated rings. The average Bonchev–Trinajstić information content (AvgIpc) is 2.31. The molecule has 0 bridgehead atoms. The van der Waals surface area contributed by atoms with E-state index in [9.17, 15) is 4.79 Å². The fraction of sp³-hybridized carbons (Fsp3) is 0.583. The summed E-state index contributed by atoms with van der Waals surface area (Å²) in [6.07, 6.45) is 6.90. The Morgan fingerprint density at radius 3 is 2.65 bits per heavy atom. The summed E-state index contributed by atoms with van der Waals surface area (Å²) >= 11 is 0. The summed E-state index contributed by atoms with van der Waals surface area (Å²) in [5.74, 6) is 0.0253. The highest BCUT2D eigenvalue weighted by Crippen LogP contribution is 2.37. The van der Waals surface area contributed by atoms with Gasteiger partial charge in [-0.1, -0.05) is 12.8 Å². The number of hydrogen-bond donors (Lipinski definition) is 2. The Labute approximate surface area is 101 Å². The molecule has 1 aromatic rings. The molecule has 5 nitrogen and oxygen atoms in total. The van der Waals surface area contributed by atoms with Crippen molar-refractivity contribution in [1.82, 2.24) is 9.97 Å². The molecule has 1 saturated carbocycles. The number of aromatic nitrogens is 2. The minimum atomic E-state index is -0.993. The van der Waals surface area contributed by atoms with Crippen molar-refractivity contribution < 1.29 is 4.79 Å². The van der Waals surface area contributed by atoms with Crippen LogP contribution in [0, 0.1) is 6.92 Å². The zero-order valence-electron chi connectivity index (χ0n) is 10.0. The van der Waals surface area contributed by atoms with Crippen LogP contribution in [0.1, 0.15) is 43.0 Å². The van der Waals surface area contributed by atoms with Crippen molar-refractivity contribution in [3.05, 3.63) is 23.8 Å². The van der Waals surface area contributed by atoms with E-state index < -0.39 is 11.4 Å². The Morgan fingerprint density at radius 2 is 2.06 bits per heavy atom. The zero-order valence-corrected chi connectivity index (χ0v) is 10.0. The molecule has 0 spiro atoms. The van der Waals surface area contributed by atoms with Gasteiger partial charge in [0.2, 0.25) is 5.91 Å². The molecule has 1 aliphatic carbocycles. The first-order valence-corrected chi connectivity index (χ1v) is 5.91. The smallest absolute Gasteiger partial charge is 0.238 e. The Bertz CT molecular complexity index is 417. The Balaban J connectivity index is 2.34. The summed E-state index contributed by atoms with van der Waals surface area (Å²) in [5.41, 5.74) is 11.6. The molecule has 2 atom stereocenters. The molecule has 2 rings (SSSR count). The first kappa shape index (κ1) is 12.0. The van der Waals surface area contributed by atoms with Gasteiger partial charge in [-0.15, -0.1) is 0 Å². The van der Waals surface area contributed by atoms with Gasteiger partial charge in [-0.25, -0.2) is 9.97 Å². The number of nitrogens with two attached hydrogens (primary N) is 2. The van der Waals surface area contributed by atoms with Gasteiger partial charge in [0.25, 0.3) is 0 Å². The van der Waals surface area contributed by atoms with Gasteiger partial charge >= 0.3 is 0 Å². The highest BCUT2D eigenvalue weighted by Gasteiger charge is 2.44. The summed E-state index contributed by atoms with van der Waals surface area (Å²) in [4.78, 5) is 20.1. The van der Waals surface area contributed by atoms with Crippen LogP contribution in [0.3, 0.4) is 0 Å². The van der Waals surface area contributed by atoms with Crippen LogP contribution in [0.25, 0.3) is 0 Å². The van der Waals surface area contributed by atoms with E-state index in [-0.39, 0.29) is 5.92 Å². The molecule has 0 aromatic carbocycles. The number of rotatable bonds is 2. The van der Waals surface area contributed by atoms with E-state index in [0.717, 1.165) is 24.8 Å². The molecule has 17 heavy (non-hydrogen) atoms. The van der Waals surface area contributed by atoms with Crippen LogP contribution in [-0.4, -0.2) is 21.4 Å². The van der Waals surface area contributed by atoms with E-state index in [4.69, 9.17) is 11.5 Å². The van der Waals surface area contributed by atoms with E-state index in [2.05, 4.69) is 9.97 Å². The Hall–Kier alpha value is -1.49. The molecular formula is C12H18N4O. The van der Waals surface area contributed by atoms with E-state index in [1.807, 2.05) is 6.92 Å². The Kier molecular flexibility index (Phi) is 3.11. The fourth-order valence-electron chi connectivity index (χ4n) is 2.43. The van der Waals surface area contributed by atoms with Crippen molar-refractivity contribution in [1.29, 1.82) is 0 Å². The van der Waals surface area contributed by atoms with Crippen molar-refractivity contribution in [2.75, 3.05) is 0 Å². The predicted molar refractivity (Wildman–Crippen MR) is 64.1 cm³/mol. The average molecular weight is 234 g/mol. The second-order valence-electron chi connectivity index (χ2n) is 4.82. The third kappa shape index (κ3) is 2.15. The first-order valence-electron chi connectivity index (χ1n) is 5.91. The monoisotopic (exact) mass is 234 g/mol. The van der Waals surface area contributed by atoms with Crippen LogP contribution < -0.4 is 11.5 Å². The van der Waals surface area contributed by atoms with E-state index in [1.54, 1.807) is 12.4 Å². The molecule has 1 heterocycles. The quantitative estimate of drug-likeness (QED) is 0.784. The largest absolute Gasteiger partial charge is 0.368 e. The van der Waals surface area contributed by atoms with Crippen molar-refractivity contribution >= 4 is 5.91 Å². The lowest BCUT2D eigenvalue weighted by atomic mass is 9.72. The lowest BCUT2D eigenvalue weighted by Gasteiger charge is -2.37. The SMILES string of the molecule is Cc1cnc(C2CCCCC2(N)C(N)=O)nc1. The van der Waals surface area contributed by atoms with Gasteiger partial charge in [0, 0.05) is 18.3 Å². The third-order valence-electron chi connectivity index (χ3n) is 3.53. The van der Waals surface area contributed by atoms with Crippen LogP contribution >= 0.6 is 0 Å². The van der Waals surface area contributed by atoms with Crippen molar-refractivity contribution in [3.8, 4) is 0 Å². The van der Waals surface area contributed by atoms with Crippen LogP contribution in [0.2, 0.25) is 0 Å². The highest BCUT2D eigenvalue weighted by molar-refractivity contribution is 5.85. The molecule has 1 aromatic heterocycles. The number of hydrogen-bond acceptors (Lipinski definition) is 4. The molecule has 2 unspecified atom stereocenters. The Morgan fingerprint density at radius 1 is 1.41 bits per heavy atom. The number of aryl methyl sites for hydroxylation is 1. The fourth-order valence-corrected chi connectivity index (χ4v) is 2.43. The topological polar surface area (TPSA) is 94.9 Å². The van der Waals surface area contributed by atoms with Crippen LogP contribution in [0.4, 0.5) is 0 Å². The second kappa shape index (κ2) is 4.41. The minimum Gasteiger partial charge on any atom is -0.368 e. The number of carbonyl (C=O) groups is 1. The molecule has 0 saturated heterocycles. The molecular weight excluding hydrogens is 216 g/mol. The number of nitrogens with zero attached hydrogens (tertiary/aromatic N) is 2. The van der Waals surface area contributed by atoms with Crippen LogP contribution in [0.5, 0.6) is 0 Å². The van der Waals surface area contributed by atoms with Crippen molar-refractivity contribution in [2.45, 2.75) is 44.1 Å². The first-order chi connectivity index (χ1) is 8.04. The van der Waals surface area contributed by atoms with Crippen molar-refractivity contribution in [2.24, 2.45) is 11.5 Å². The standard InChI is InChI=1S/C12H18N4O/c1-8-6-15-10(16-7-8)9-4-2-3-5-12(9,14)11(13)17/h6-7,9H,2-5,14H2,1H3,(H2,13,17). The minimum absolute atomic E-state index is 0.158. The molecule has 1 aliphatic rings. The zero-order chi connectivity index (χ0) is 12.5. The maximum atomic E-state index is 11.6. The van der Waals surface area contributed by atoms with Crippen molar-refractivity contribution in [3.63, 3.8) is 0 Å². The van der Waals surface area contributed by atoms with Gasteiger partial charge in [-0.2, -0.15) is 0 Å². The van der Waals surface area contributed by atoms with E-state index >= 15 is 0 Å².